The van der Waals surface area contributed by atoms with Crippen molar-refractivity contribution in [1.82, 2.24) is 0 Å². The van der Waals surface area contributed by atoms with Crippen LogP contribution in [0.1, 0.15) is 170 Å². The average Bonchev–Trinajstić information content (AvgIpc) is 3.10. The fourth-order valence-corrected chi connectivity index (χ4v) is 6.98. The fourth-order valence-electron chi connectivity index (χ4n) is 6.98. The van der Waals surface area contributed by atoms with Gasteiger partial charge in [-0.3, -0.25) is 0 Å². The van der Waals surface area contributed by atoms with Gasteiger partial charge in [0.2, 0.25) is 0 Å². The zero-order chi connectivity index (χ0) is 39.2. The van der Waals surface area contributed by atoms with Crippen LogP contribution >= 0.6 is 0 Å². The molecule has 0 saturated heterocycles. The van der Waals surface area contributed by atoms with E-state index in [4.69, 9.17) is 0 Å². The molecule has 2 nitrogen and oxygen atoms in total. The highest BCUT2D eigenvalue weighted by atomic mass is 16.3. The van der Waals surface area contributed by atoms with Gasteiger partial charge in [-0.2, -0.15) is 0 Å². The Morgan fingerprint density at radius 1 is 0.509 bits per heavy atom. The van der Waals surface area contributed by atoms with Gasteiger partial charge < -0.3 is 10.2 Å². The van der Waals surface area contributed by atoms with E-state index in [9.17, 15) is 10.2 Å². The lowest BCUT2D eigenvalue weighted by Gasteiger charge is -2.13. The van der Waals surface area contributed by atoms with E-state index in [1.165, 1.54) is 78.4 Å². The van der Waals surface area contributed by atoms with Gasteiger partial charge in [0.05, 0.1) is 0 Å². The van der Waals surface area contributed by atoms with E-state index in [2.05, 4.69) is 105 Å². The Hall–Kier alpha value is -3.52. The predicted octanol–water partition coefficient (Wildman–Crippen LogP) is 16.2. The van der Waals surface area contributed by atoms with Crippen molar-refractivity contribution >= 4 is 10.8 Å². The molecule has 0 bridgehead atoms. The third kappa shape index (κ3) is 18.9. The number of hydrogen-bond donors (Lipinski definition) is 2. The summed E-state index contributed by atoms with van der Waals surface area (Å²) in [5.74, 6) is 1.38. The zero-order valence-corrected chi connectivity index (χ0v) is 35.6. The minimum absolute atomic E-state index is 0.268. The molecule has 1 atom stereocenters. The van der Waals surface area contributed by atoms with Crippen molar-refractivity contribution in [3.63, 3.8) is 0 Å². The lowest BCUT2D eigenvalue weighted by Crippen LogP contribution is -1.94. The number of phenolic OH excluding ortho intramolecular Hbond substituents is 2. The van der Waals surface area contributed by atoms with Crippen molar-refractivity contribution in [2.45, 2.75) is 172 Å². The first-order valence-electron chi connectivity index (χ1n) is 20.8. The molecule has 53 heavy (non-hydrogen) atoms. The summed E-state index contributed by atoms with van der Waals surface area (Å²) in [6.07, 6.45) is 35.0. The van der Waals surface area contributed by atoms with Crippen molar-refractivity contribution in [3.05, 3.63) is 117 Å². The second-order valence-electron chi connectivity index (χ2n) is 16.4. The molecule has 0 aliphatic rings. The highest BCUT2D eigenvalue weighted by Crippen LogP contribution is 2.39. The van der Waals surface area contributed by atoms with Crippen molar-refractivity contribution in [2.75, 3.05) is 0 Å². The lowest BCUT2D eigenvalue weighted by atomic mass is 9.95. The van der Waals surface area contributed by atoms with Crippen LogP contribution in [0.25, 0.3) is 10.8 Å². The molecular formula is C51H76O2. The van der Waals surface area contributed by atoms with Crippen LogP contribution in [0.5, 0.6) is 11.5 Å². The molecule has 0 amide bonds. The van der Waals surface area contributed by atoms with Crippen LogP contribution in [0, 0.1) is 12.8 Å². The quantitative estimate of drug-likeness (QED) is 0.0837. The van der Waals surface area contributed by atoms with E-state index >= 15 is 0 Å². The Morgan fingerprint density at radius 3 is 1.34 bits per heavy atom. The van der Waals surface area contributed by atoms with Gasteiger partial charge in [0.15, 0.2) is 0 Å². The number of phenols is 2. The first kappa shape index (κ1) is 45.6. The standard InChI is InChI=1S/C51H76O2/c1-38(2)20-13-21-39(3)22-14-23-40(4)24-15-25-41(5)26-16-27-42(6)28-17-29-43(7)30-18-31-44(8)32-19-33-45(9)36-37-47-46(10)50(52)48-34-11-12-35-49(48)51(47)53/h11-12,20,24,26,28,30,32,34-36,39,52-53H,13-19,21-23,25,27,29,31,33,37H2,1-10H3/b40-24-,41-26+,42-28+,43-30+,44-32+,45-36+. The molecular weight excluding hydrogens is 645 g/mol. The Bertz CT molecular complexity index is 1630. The summed E-state index contributed by atoms with van der Waals surface area (Å²) in [5.41, 5.74) is 11.9. The van der Waals surface area contributed by atoms with E-state index in [0.29, 0.717) is 17.2 Å². The van der Waals surface area contributed by atoms with Gasteiger partial charge in [-0.1, -0.05) is 119 Å². The maximum atomic E-state index is 10.9. The summed E-state index contributed by atoms with van der Waals surface area (Å²) in [5, 5.41) is 23.0. The van der Waals surface area contributed by atoms with Crippen molar-refractivity contribution in [1.29, 1.82) is 0 Å². The summed E-state index contributed by atoms with van der Waals surface area (Å²) in [6, 6.07) is 7.50. The van der Waals surface area contributed by atoms with E-state index < -0.39 is 0 Å². The van der Waals surface area contributed by atoms with E-state index in [0.717, 1.165) is 68.4 Å². The third-order valence-electron chi connectivity index (χ3n) is 10.8. The smallest absolute Gasteiger partial charge is 0.127 e. The molecule has 2 aromatic rings. The second kappa shape index (κ2) is 25.5. The second-order valence-corrected chi connectivity index (χ2v) is 16.4. The zero-order valence-electron chi connectivity index (χ0n) is 35.6. The lowest BCUT2D eigenvalue weighted by molar-refractivity contribution is 0.461. The highest BCUT2D eigenvalue weighted by molar-refractivity contribution is 5.95. The number of aromatic hydroxyl groups is 2. The Labute approximate surface area is 326 Å². The van der Waals surface area contributed by atoms with Gasteiger partial charge >= 0.3 is 0 Å². The first-order chi connectivity index (χ1) is 25.3. The molecule has 0 aromatic heterocycles. The maximum absolute atomic E-state index is 10.9. The van der Waals surface area contributed by atoms with E-state index in [-0.39, 0.29) is 11.5 Å². The van der Waals surface area contributed by atoms with Crippen LogP contribution in [-0.2, 0) is 6.42 Å². The monoisotopic (exact) mass is 721 g/mol. The van der Waals surface area contributed by atoms with Gasteiger partial charge in [0.25, 0.3) is 0 Å². The van der Waals surface area contributed by atoms with Crippen molar-refractivity contribution in [3.8, 4) is 11.5 Å². The minimum atomic E-state index is 0.268. The SMILES string of the molecule is CC(C)=CCCC(C)CCC/C(C)=C\CC/C(C)=C/CC/C(C)=C/CC/C(C)=C/CC/C(C)=C/CC/C(C)=C/Cc1c(C)c(O)c2ccccc2c1O. The minimum Gasteiger partial charge on any atom is -0.507 e. The molecule has 2 aromatic carbocycles. The van der Waals surface area contributed by atoms with Crippen molar-refractivity contribution in [2.24, 2.45) is 5.92 Å². The molecule has 0 spiro atoms. The molecule has 1 unspecified atom stereocenters. The molecule has 2 N–H and O–H groups in total. The topological polar surface area (TPSA) is 40.5 Å². The van der Waals surface area contributed by atoms with Crippen LogP contribution in [0.15, 0.2) is 106 Å². The number of fused-ring (bicyclic) bond motifs is 1. The molecule has 292 valence electrons. The number of rotatable bonds is 24. The molecule has 0 aliphatic heterocycles. The van der Waals surface area contributed by atoms with Crippen LogP contribution in [0.4, 0.5) is 0 Å². The van der Waals surface area contributed by atoms with Gasteiger partial charge in [0, 0.05) is 16.3 Å². The Morgan fingerprint density at radius 2 is 0.906 bits per heavy atom. The molecule has 2 rings (SSSR count). The highest BCUT2D eigenvalue weighted by Gasteiger charge is 2.14. The average molecular weight is 721 g/mol. The molecule has 0 aliphatic carbocycles. The summed E-state index contributed by atoms with van der Waals surface area (Å²) < 4.78 is 0. The number of hydrogen-bond acceptors (Lipinski definition) is 2. The molecule has 0 saturated carbocycles. The Kier molecular flexibility index (Phi) is 21.9. The summed E-state index contributed by atoms with van der Waals surface area (Å²) >= 11 is 0. The van der Waals surface area contributed by atoms with Crippen LogP contribution in [0.2, 0.25) is 0 Å². The number of benzene rings is 2. The van der Waals surface area contributed by atoms with Gasteiger partial charge in [-0.05, 0) is 170 Å². The van der Waals surface area contributed by atoms with Crippen molar-refractivity contribution < 1.29 is 10.2 Å². The molecule has 0 radical (unpaired) electrons. The number of allylic oxidation sites excluding steroid dienone is 14. The summed E-state index contributed by atoms with van der Waals surface area (Å²) in [6.45, 7) is 22.3. The summed E-state index contributed by atoms with van der Waals surface area (Å²) in [4.78, 5) is 0. The largest absolute Gasteiger partial charge is 0.507 e. The van der Waals surface area contributed by atoms with Gasteiger partial charge in [0.1, 0.15) is 11.5 Å². The first-order valence-corrected chi connectivity index (χ1v) is 20.8. The maximum Gasteiger partial charge on any atom is 0.127 e. The third-order valence-corrected chi connectivity index (χ3v) is 10.8. The predicted molar refractivity (Wildman–Crippen MR) is 236 cm³/mol. The molecule has 0 heterocycles. The van der Waals surface area contributed by atoms with E-state index in [1.54, 1.807) is 5.57 Å². The van der Waals surface area contributed by atoms with Gasteiger partial charge in [-0.15, -0.1) is 0 Å². The van der Waals surface area contributed by atoms with Gasteiger partial charge in [-0.25, -0.2) is 0 Å². The molecule has 2 heteroatoms. The van der Waals surface area contributed by atoms with Crippen LogP contribution < -0.4 is 0 Å². The Balaban J connectivity index is 1.62. The fraction of sp³-hybridized carbons (Fsp3) is 0.529. The van der Waals surface area contributed by atoms with Crippen LogP contribution in [-0.4, -0.2) is 10.2 Å². The molecule has 0 fully saturated rings. The van der Waals surface area contributed by atoms with E-state index in [1.807, 2.05) is 31.2 Å². The van der Waals surface area contributed by atoms with Crippen LogP contribution in [0.3, 0.4) is 0 Å². The normalized spacial score (nSPS) is 14.3. The summed E-state index contributed by atoms with van der Waals surface area (Å²) in [7, 11) is 0.